The van der Waals surface area contributed by atoms with E-state index in [1.165, 1.54) is 0 Å². The van der Waals surface area contributed by atoms with Crippen LogP contribution in [0.3, 0.4) is 0 Å². The van der Waals surface area contributed by atoms with Gasteiger partial charge in [0, 0.05) is 24.7 Å². The number of aromatic nitrogens is 1. The van der Waals surface area contributed by atoms with E-state index < -0.39 is 0 Å². The second-order valence-corrected chi connectivity index (χ2v) is 6.26. The number of hydrogen-bond donors (Lipinski definition) is 2. The molecule has 1 saturated carbocycles. The zero-order chi connectivity index (χ0) is 15.7. The van der Waals surface area contributed by atoms with Crippen molar-refractivity contribution in [3.8, 4) is 0 Å². The monoisotopic (exact) mass is 303 g/mol. The summed E-state index contributed by atoms with van der Waals surface area (Å²) in [6.07, 6.45) is 4.63. The highest BCUT2D eigenvalue weighted by molar-refractivity contribution is 5.97. The number of nitrogens with zero attached hydrogens (tertiary/aromatic N) is 1. The molecule has 0 bridgehead atoms. The van der Waals surface area contributed by atoms with Gasteiger partial charge in [-0.25, -0.2) is 0 Å². The first-order valence-corrected chi connectivity index (χ1v) is 7.85. The molecule has 1 aliphatic heterocycles. The number of aromatic amines is 1. The maximum atomic E-state index is 12.3. The van der Waals surface area contributed by atoms with Crippen molar-refractivity contribution in [3.63, 3.8) is 0 Å². The second-order valence-electron chi connectivity index (χ2n) is 6.26. The number of nitrogens with one attached hydrogen (secondary N) is 2. The van der Waals surface area contributed by atoms with Crippen LogP contribution < -0.4 is 10.9 Å². The van der Waals surface area contributed by atoms with Crippen molar-refractivity contribution in [2.75, 3.05) is 11.9 Å². The lowest BCUT2D eigenvalue weighted by Gasteiger charge is -2.23. The first-order valence-electron chi connectivity index (χ1n) is 7.85. The highest BCUT2D eigenvalue weighted by Crippen LogP contribution is 2.29. The van der Waals surface area contributed by atoms with E-state index in [1.54, 1.807) is 19.1 Å². The molecular formula is C16H21N3O3. The molecule has 3 rings (SSSR count). The molecule has 2 heterocycles. The van der Waals surface area contributed by atoms with E-state index in [0.29, 0.717) is 12.6 Å². The van der Waals surface area contributed by atoms with Crippen LogP contribution in [0, 0.1) is 12.8 Å². The van der Waals surface area contributed by atoms with E-state index in [2.05, 4.69) is 10.3 Å². The zero-order valence-corrected chi connectivity index (χ0v) is 12.7. The van der Waals surface area contributed by atoms with Crippen LogP contribution in [-0.4, -0.2) is 34.3 Å². The predicted molar refractivity (Wildman–Crippen MR) is 82.5 cm³/mol. The molecule has 1 aromatic heterocycles. The van der Waals surface area contributed by atoms with Gasteiger partial charge in [0.25, 0.3) is 5.56 Å². The summed E-state index contributed by atoms with van der Waals surface area (Å²) in [5.74, 6) is -0.554. The first kappa shape index (κ1) is 14.8. The Morgan fingerprint density at radius 3 is 2.68 bits per heavy atom. The number of aryl methyl sites for hydroxylation is 1. The number of rotatable bonds is 3. The topological polar surface area (TPSA) is 82.3 Å². The molecule has 1 saturated heterocycles. The van der Waals surface area contributed by atoms with Crippen LogP contribution in [0.4, 0.5) is 5.69 Å². The van der Waals surface area contributed by atoms with Gasteiger partial charge >= 0.3 is 0 Å². The Morgan fingerprint density at radius 2 is 2.00 bits per heavy atom. The Bertz CT molecular complexity index is 646. The van der Waals surface area contributed by atoms with Crippen molar-refractivity contribution >= 4 is 17.5 Å². The molecule has 1 unspecified atom stereocenters. The fourth-order valence-corrected chi connectivity index (χ4v) is 3.38. The Labute approximate surface area is 128 Å². The number of amides is 2. The number of anilines is 1. The third-order valence-electron chi connectivity index (χ3n) is 4.61. The number of carbonyl (C=O) groups excluding carboxylic acids is 2. The summed E-state index contributed by atoms with van der Waals surface area (Å²) in [6, 6.07) is 3.63. The standard InChI is InChI=1S/C16H21N3O3/c1-10-6-7-13(16(22)17-10)18-15(21)11-8-14(20)19(9-11)12-4-2-3-5-12/h6-7,11-12H,2-5,8-9H2,1H3,(H,17,22)(H,18,21). The SMILES string of the molecule is Cc1ccc(NC(=O)C2CC(=O)N(C3CCCC3)C2)c(=O)[nH]1. The van der Waals surface area contributed by atoms with Crippen LogP contribution in [-0.2, 0) is 9.59 Å². The maximum absolute atomic E-state index is 12.3. The van der Waals surface area contributed by atoms with E-state index in [-0.39, 0.29) is 35.4 Å². The molecule has 6 nitrogen and oxygen atoms in total. The molecule has 22 heavy (non-hydrogen) atoms. The number of H-pyrrole nitrogens is 1. The summed E-state index contributed by atoms with van der Waals surface area (Å²) in [6.45, 7) is 2.25. The maximum Gasteiger partial charge on any atom is 0.271 e. The summed E-state index contributed by atoms with van der Waals surface area (Å²) in [4.78, 5) is 40.7. The van der Waals surface area contributed by atoms with E-state index in [0.717, 1.165) is 31.4 Å². The second kappa shape index (κ2) is 5.94. The van der Waals surface area contributed by atoms with E-state index in [9.17, 15) is 14.4 Å². The zero-order valence-electron chi connectivity index (χ0n) is 12.7. The minimum absolute atomic E-state index is 0.0601. The molecule has 2 fully saturated rings. The van der Waals surface area contributed by atoms with Gasteiger partial charge in [0.1, 0.15) is 5.69 Å². The Balaban J connectivity index is 1.65. The molecule has 1 aromatic rings. The van der Waals surface area contributed by atoms with Crippen LogP contribution in [0.25, 0.3) is 0 Å². The highest BCUT2D eigenvalue weighted by atomic mass is 16.2. The molecule has 118 valence electrons. The molecule has 6 heteroatoms. The summed E-state index contributed by atoms with van der Waals surface area (Å²) >= 11 is 0. The van der Waals surface area contributed by atoms with Crippen molar-refractivity contribution in [1.29, 1.82) is 0 Å². The molecular weight excluding hydrogens is 282 g/mol. The lowest BCUT2D eigenvalue weighted by atomic mass is 10.1. The molecule has 2 aliphatic rings. The minimum atomic E-state index is -0.367. The summed E-state index contributed by atoms with van der Waals surface area (Å²) in [7, 11) is 0. The summed E-state index contributed by atoms with van der Waals surface area (Å²) in [5, 5.41) is 2.65. The lowest BCUT2D eigenvalue weighted by molar-refractivity contribution is -0.129. The Morgan fingerprint density at radius 1 is 1.27 bits per heavy atom. The van der Waals surface area contributed by atoms with Crippen molar-refractivity contribution < 1.29 is 9.59 Å². The molecule has 2 amide bonds. The molecule has 1 aliphatic carbocycles. The Hall–Kier alpha value is -2.11. The minimum Gasteiger partial charge on any atom is -0.339 e. The predicted octanol–water partition coefficient (Wildman–Crippen LogP) is 1.41. The van der Waals surface area contributed by atoms with Crippen molar-refractivity contribution in [3.05, 3.63) is 28.2 Å². The van der Waals surface area contributed by atoms with Gasteiger partial charge in [-0.2, -0.15) is 0 Å². The fraction of sp³-hybridized carbons (Fsp3) is 0.562. The number of likely N-dealkylation sites (tertiary alicyclic amines) is 1. The lowest BCUT2D eigenvalue weighted by Crippen LogP contribution is -2.35. The van der Waals surface area contributed by atoms with Crippen molar-refractivity contribution in [2.45, 2.75) is 45.1 Å². The van der Waals surface area contributed by atoms with E-state index in [1.807, 2.05) is 4.90 Å². The average Bonchev–Trinajstić information content (AvgIpc) is 3.10. The van der Waals surface area contributed by atoms with E-state index >= 15 is 0 Å². The van der Waals surface area contributed by atoms with Crippen LogP contribution >= 0.6 is 0 Å². The van der Waals surface area contributed by atoms with Gasteiger partial charge in [-0.05, 0) is 31.9 Å². The van der Waals surface area contributed by atoms with Crippen LogP contribution in [0.1, 0.15) is 37.8 Å². The fourth-order valence-electron chi connectivity index (χ4n) is 3.38. The number of hydrogen-bond acceptors (Lipinski definition) is 3. The van der Waals surface area contributed by atoms with Gasteiger partial charge in [-0.15, -0.1) is 0 Å². The molecule has 0 radical (unpaired) electrons. The van der Waals surface area contributed by atoms with Gasteiger partial charge in [-0.1, -0.05) is 12.8 Å². The largest absolute Gasteiger partial charge is 0.339 e. The van der Waals surface area contributed by atoms with Gasteiger partial charge in [0.15, 0.2) is 0 Å². The van der Waals surface area contributed by atoms with Gasteiger partial charge in [-0.3, -0.25) is 14.4 Å². The van der Waals surface area contributed by atoms with Crippen molar-refractivity contribution in [2.24, 2.45) is 5.92 Å². The smallest absolute Gasteiger partial charge is 0.271 e. The van der Waals surface area contributed by atoms with E-state index in [4.69, 9.17) is 0 Å². The van der Waals surface area contributed by atoms with Crippen LogP contribution in [0.15, 0.2) is 16.9 Å². The molecule has 1 atom stereocenters. The molecule has 2 N–H and O–H groups in total. The Kier molecular flexibility index (Phi) is 4.00. The third kappa shape index (κ3) is 2.91. The van der Waals surface area contributed by atoms with Gasteiger partial charge in [0.2, 0.25) is 11.8 Å². The van der Waals surface area contributed by atoms with Crippen LogP contribution in [0.5, 0.6) is 0 Å². The average molecular weight is 303 g/mol. The van der Waals surface area contributed by atoms with Gasteiger partial charge in [0.05, 0.1) is 5.92 Å². The van der Waals surface area contributed by atoms with Crippen molar-refractivity contribution in [1.82, 2.24) is 9.88 Å². The van der Waals surface area contributed by atoms with Crippen LogP contribution in [0.2, 0.25) is 0 Å². The quantitative estimate of drug-likeness (QED) is 0.886. The molecule has 0 aromatic carbocycles. The molecule has 0 spiro atoms. The number of carbonyl (C=O) groups is 2. The number of pyridine rings is 1. The summed E-state index contributed by atoms with van der Waals surface area (Å²) in [5.41, 5.74) is 0.666. The highest BCUT2D eigenvalue weighted by Gasteiger charge is 2.38. The first-order chi connectivity index (χ1) is 10.5. The third-order valence-corrected chi connectivity index (χ3v) is 4.61. The summed E-state index contributed by atoms with van der Waals surface area (Å²) < 4.78 is 0. The van der Waals surface area contributed by atoms with Gasteiger partial charge < -0.3 is 15.2 Å². The normalized spacial score (nSPS) is 22.3.